The lowest BCUT2D eigenvalue weighted by molar-refractivity contribution is 0.816. The van der Waals surface area contributed by atoms with Crippen LogP contribution in [0.3, 0.4) is 0 Å². The third-order valence-corrected chi connectivity index (χ3v) is 6.44. The number of anilines is 2. The maximum absolute atomic E-state index is 6.32. The number of rotatable bonds is 0. The zero-order valence-corrected chi connectivity index (χ0v) is 20.5. The van der Waals surface area contributed by atoms with Gasteiger partial charge in [-0.15, -0.1) is 12.8 Å². The van der Waals surface area contributed by atoms with Gasteiger partial charge >= 0.3 is 0 Å². The highest BCUT2D eigenvalue weighted by Crippen LogP contribution is 2.30. The summed E-state index contributed by atoms with van der Waals surface area (Å²) in [5.41, 5.74) is 16.9. The average Bonchev–Trinajstić information content (AvgIpc) is 3.33. The lowest BCUT2D eigenvalue weighted by Crippen LogP contribution is -2.03. The normalized spacial score (nSPS) is 13.0. The van der Waals surface area contributed by atoms with E-state index in [-0.39, 0.29) is 0 Å². The zero-order valence-electron chi connectivity index (χ0n) is 20.5. The van der Waals surface area contributed by atoms with Crippen LogP contribution < -0.4 is 11.1 Å². The molecule has 0 unspecified atom stereocenters. The first kappa shape index (κ1) is 23.8. The number of fused-ring (bicyclic) bond motifs is 9. The fourth-order valence-corrected chi connectivity index (χ4v) is 4.69. The zero-order chi connectivity index (χ0) is 25.8. The molecule has 0 aliphatic carbocycles. The molecule has 0 amide bonds. The molecule has 0 saturated heterocycles. The Bertz CT molecular complexity index is 1610. The minimum atomic E-state index is 0.510. The summed E-state index contributed by atoms with van der Waals surface area (Å²) in [5, 5.41) is 3.41. The number of allylic oxidation sites excluding steroid dienone is 1. The first-order chi connectivity index (χ1) is 18.1. The maximum atomic E-state index is 6.32. The van der Waals surface area contributed by atoms with Crippen LogP contribution in [0.1, 0.15) is 29.9 Å². The fourth-order valence-electron chi connectivity index (χ4n) is 4.69. The van der Waals surface area contributed by atoms with Crippen LogP contribution in [0.15, 0.2) is 85.3 Å². The molecule has 5 aromatic rings. The van der Waals surface area contributed by atoms with E-state index in [0.29, 0.717) is 12.1 Å². The number of aromatic amines is 1. The Hall–Kier alpha value is -4.89. The number of hydrogen-bond donors (Lipinski definition) is 3. The third kappa shape index (κ3) is 5.07. The predicted octanol–water partition coefficient (Wildman–Crippen LogP) is 6.37. The van der Waals surface area contributed by atoms with Gasteiger partial charge < -0.3 is 16.0 Å². The largest absolute Gasteiger partial charge is 0.397 e. The second kappa shape index (κ2) is 10.4. The van der Waals surface area contributed by atoms with Crippen LogP contribution in [-0.2, 0) is 12.8 Å². The van der Waals surface area contributed by atoms with Crippen molar-refractivity contribution in [3.8, 4) is 35.2 Å². The molecule has 6 heteroatoms. The Kier molecular flexibility index (Phi) is 6.69. The smallest absolute Gasteiger partial charge is 0.113 e. The van der Waals surface area contributed by atoms with Gasteiger partial charge in [-0.1, -0.05) is 43.0 Å². The number of nitrogens with one attached hydrogen (secondary N) is 2. The standard InChI is InChI=1S/C29H26N6.C2H2/c1-18-5-2-6-19-7-3-8-20(13-19)23-9-4-10-26-29(23)35-28(34-26)15-27-24(30)11-12-25(33-27)21-14-22(32-18)17-31-16-21;1-2/h3-4,7-14,16-17,32H,1-2,5-6,15,30H2,(H,34,35);1-2H. The highest BCUT2D eigenvalue weighted by atomic mass is 14.9. The SMILES string of the molecule is C#C.C=C1CCCc2cccc(c2)-c2cccc3[nH]c(nc23)Cc2nc(ccc2N)-c2cncc(c2)N1. The number of para-hydroxylation sites is 1. The van der Waals surface area contributed by atoms with Gasteiger partial charge in [0.1, 0.15) is 5.82 Å². The number of aryl methyl sites for hydroxylation is 1. The summed E-state index contributed by atoms with van der Waals surface area (Å²) in [6.07, 6.45) is 15.0. The fraction of sp³-hybridized carbons (Fsp3) is 0.129. The molecular weight excluding hydrogens is 456 g/mol. The molecule has 0 fully saturated rings. The van der Waals surface area contributed by atoms with E-state index in [0.717, 1.165) is 70.0 Å². The quantitative estimate of drug-likeness (QED) is 0.222. The van der Waals surface area contributed by atoms with Gasteiger partial charge in [-0.2, -0.15) is 0 Å². The first-order valence-corrected chi connectivity index (χ1v) is 12.2. The van der Waals surface area contributed by atoms with Crippen molar-refractivity contribution in [3.63, 3.8) is 0 Å². The Morgan fingerprint density at radius 3 is 2.65 bits per heavy atom. The Labute approximate surface area is 216 Å². The summed E-state index contributed by atoms with van der Waals surface area (Å²) in [5.74, 6) is 0.836. The summed E-state index contributed by atoms with van der Waals surface area (Å²) in [6.45, 7) is 4.23. The summed E-state index contributed by atoms with van der Waals surface area (Å²) in [7, 11) is 0. The van der Waals surface area contributed by atoms with Crippen LogP contribution in [0.2, 0.25) is 0 Å². The number of pyridine rings is 2. The second-order valence-corrected chi connectivity index (χ2v) is 9.04. The second-order valence-electron chi connectivity index (χ2n) is 9.04. The van der Waals surface area contributed by atoms with Crippen molar-refractivity contribution in [3.05, 3.63) is 102 Å². The van der Waals surface area contributed by atoms with Gasteiger partial charge in [-0.3, -0.25) is 9.97 Å². The molecule has 0 spiro atoms. The lowest BCUT2D eigenvalue weighted by Gasteiger charge is -2.12. The number of imidazole rings is 1. The predicted molar refractivity (Wildman–Crippen MR) is 152 cm³/mol. The molecule has 8 bridgehead atoms. The van der Waals surface area contributed by atoms with E-state index in [1.165, 1.54) is 11.1 Å². The van der Waals surface area contributed by atoms with Gasteiger partial charge in [0.25, 0.3) is 0 Å². The first-order valence-electron chi connectivity index (χ1n) is 12.2. The molecular formula is C31H28N6. The van der Waals surface area contributed by atoms with Crippen molar-refractivity contribution in [1.29, 1.82) is 0 Å². The van der Waals surface area contributed by atoms with E-state index in [1.54, 1.807) is 0 Å². The van der Waals surface area contributed by atoms with Crippen molar-refractivity contribution < 1.29 is 0 Å². The Morgan fingerprint density at radius 1 is 0.892 bits per heavy atom. The summed E-state index contributed by atoms with van der Waals surface area (Å²) in [6, 6.07) is 20.9. The number of H-pyrrole nitrogens is 1. The molecule has 6 rings (SSSR count). The average molecular weight is 485 g/mol. The van der Waals surface area contributed by atoms with Gasteiger partial charge in [0.15, 0.2) is 0 Å². The van der Waals surface area contributed by atoms with E-state index in [1.807, 2.05) is 30.6 Å². The summed E-state index contributed by atoms with van der Waals surface area (Å²) in [4.78, 5) is 17.7. The number of nitrogens with zero attached hydrogens (tertiary/aromatic N) is 3. The van der Waals surface area contributed by atoms with Gasteiger partial charge in [-0.05, 0) is 54.7 Å². The van der Waals surface area contributed by atoms with Crippen LogP contribution in [0, 0.1) is 12.8 Å². The number of nitrogen functional groups attached to an aromatic ring is 1. The van der Waals surface area contributed by atoms with E-state index in [9.17, 15) is 0 Å². The Balaban J connectivity index is 0.00000137. The number of aromatic nitrogens is 4. The van der Waals surface area contributed by atoms with E-state index >= 15 is 0 Å². The lowest BCUT2D eigenvalue weighted by atomic mass is 9.99. The molecule has 37 heavy (non-hydrogen) atoms. The molecule has 6 nitrogen and oxygen atoms in total. The molecule has 0 saturated carbocycles. The minimum Gasteiger partial charge on any atom is -0.397 e. The summed E-state index contributed by atoms with van der Waals surface area (Å²) < 4.78 is 0. The molecule has 3 aromatic heterocycles. The maximum Gasteiger partial charge on any atom is 0.113 e. The molecule has 4 N–H and O–H groups in total. The number of terminal acetylenes is 1. The summed E-state index contributed by atoms with van der Waals surface area (Å²) >= 11 is 0. The minimum absolute atomic E-state index is 0.510. The highest BCUT2D eigenvalue weighted by Gasteiger charge is 2.14. The van der Waals surface area contributed by atoms with E-state index in [4.69, 9.17) is 15.7 Å². The molecule has 0 radical (unpaired) electrons. The van der Waals surface area contributed by atoms with Crippen molar-refractivity contribution in [2.75, 3.05) is 11.1 Å². The molecule has 0 atom stereocenters. The number of hydrogen-bond acceptors (Lipinski definition) is 5. The monoisotopic (exact) mass is 484 g/mol. The van der Waals surface area contributed by atoms with Crippen LogP contribution in [0.5, 0.6) is 0 Å². The van der Waals surface area contributed by atoms with Crippen LogP contribution >= 0.6 is 0 Å². The van der Waals surface area contributed by atoms with Crippen LogP contribution in [0.4, 0.5) is 11.4 Å². The molecule has 1 aliphatic rings. The van der Waals surface area contributed by atoms with E-state index < -0.39 is 0 Å². The number of nitrogens with two attached hydrogens (primary N) is 1. The molecule has 182 valence electrons. The van der Waals surface area contributed by atoms with E-state index in [2.05, 4.69) is 77.2 Å². The topological polar surface area (TPSA) is 92.5 Å². The molecule has 1 aliphatic heterocycles. The van der Waals surface area contributed by atoms with Crippen molar-refractivity contribution in [2.45, 2.75) is 25.7 Å². The molecule has 4 heterocycles. The van der Waals surface area contributed by atoms with Gasteiger partial charge in [0.05, 0.1) is 46.4 Å². The highest BCUT2D eigenvalue weighted by molar-refractivity contribution is 5.92. The number of benzene rings is 2. The van der Waals surface area contributed by atoms with Crippen molar-refractivity contribution >= 4 is 22.4 Å². The van der Waals surface area contributed by atoms with Crippen LogP contribution in [-0.4, -0.2) is 19.9 Å². The van der Waals surface area contributed by atoms with Crippen LogP contribution in [0.25, 0.3) is 33.4 Å². The van der Waals surface area contributed by atoms with Crippen molar-refractivity contribution in [2.24, 2.45) is 0 Å². The van der Waals surface area contributed by atoms with Gasteiger partial charge in [-0.25, -0.2) is 4.98 Å². The van der Waals surface area contributed by atoms with Crippen molar-refractivity contribution in [1.82, 2.24) is 19.9 Å². The molecule has 2 aromatic carbocycles. The van der Waals surface area contributed by atoms with Gasteiger partial charge in [0.2, 0.25) is 0 Å². The Morgan fingerprint density at radius 2 is 1.76 bits per heavy atom. The van der Waals surface area contributed by atoms with Gasteiger partial charge in [0, 0.05) is 23.0 Å². The third-order valence-electron chi connectivity index (χ3n) is 6.44.